The van der Waals surface area contributed by atoms with E-state index in [-0.39, 0.29) is 11.3 Å². The van der Waals surface area contributed by atoms with Crippen molar-refractivity contribution in [3.8, 4) is 11.1 Å². The number of anilines is 1. The summed E-state index contributed by atoms with van der Waals surface area (Å²) in [7, 11) is 0. The Kier molecular flexibility index (Phi) is 5.08. The quantitative estimate of drug-likeness (QED) is 0.374. The summed E-state index contributed by atoms with van der Waals surface area (Å²) in [6.07, 6.45) is 0.528. The molecule has 1 aliphatic rings. The van der Waals surface area contributed by atoms with E-state index in [2.05, 4.69) is 18.8 Å². The second-order valence-electron chi connectivity index (χ2n) is 11.0. The van der Waals surface area contributed by atoms with Gasteiger partial charge in [-0.1, -0.05) is 44.2 Å². The summed E-state index contributed by atoms with van der Waals surface area (Å²) >= 11 is 0. The second kappa shape index (κ2) is 7.68. The Morgan fingerprint density at radius 1 is 1.11 bits per heavy atom. The van der Waals surface area contributed by atoms with Gasteiger partial charge in [-0.15, -0.1) is 0 Å². The van der Waals surface area contributed by atoms with E-state index in [4.69, 9.17) is 5.73 Å². The van der Waals surface area contributed by atoms with Gasteiger partial charge in [-0.2, -0.15) is 0 Å². The van der Waals surface area contributed by atoms with Crippen LogP contribution in [0, 0.1) is 12.3 Å². The highest BCUT2D eigenvalue weighted by Crippen LogP contribution is 2.42. The highest BCUT2D eigenvalue weighted by molar-refractivity contribution is 6.20. The minimum Gasteiger partial charge on any atom is -0.386 e. The Hall–Kier alpha value is -3.64. The Morgan fingerprint density at radius 2 is 1.86 bits per heavy atom. The van der Waals surface area contributed by atoms with Gasteiger partial charge in [0.2, 0.25) is 5.91 Å². The lowest BCUT2D eigenvalue weighted by atomic mass is 9.92. The number of carbonyl (C=O) groups is 2. The predicted octanol–water partition coefficient (Wildman–Crippen LogP) is 5.39. The largest absolute Gasteiger partial charge is 0.386 e. The van der Waals surface area contributed by atoms with Crippen LogP contribution in [0.2, 0.25) is 0 Å². The lowest BCUT2D eigenvalue weighted by Gasteiger charge is -2.23. The molecule has 1 aromatic heterocycles. The summed E-state index contributed by atoms with van der Waals surface area (Å²) < 4.78 is 0. The zero-order valence-corrected chi connectivity index (χ0v) is 20.8. The normalized spacial score (nSPS) is 15.9. The predicted molar refractivity (Wildman–Crippen MR) is 140 cm³/mol. The number of aliphatic hydroxyl groups is 1. The average Bonchev–Trinajstić information content (AvgIpc) is 3.28. The number of nitrogens with two attached hydrogens (primary N) is 1. The van der Waals surface area contributed by atoms with Crippen LogP contribution in [0.4, 0.5) is 5.69 Å². The number of aromatic nitrogens is 1. The fraction of sp³-hybridized carbons (Fsp3) is 0.310. The third-order valence-corrected chi connectivity index (χ3v) is 7.13. The molecule has 180 valence electrons. The lowest BCUT2D eigenvalue weighted by Crippen LogP contribution is -2.26. The van der Waals surface area contributed by atoms with Crippen molar-refractivity contribution in [2.45, 2.75) is 46.6 Å². The number of amides is 2. The molecule has 2 amide bonds. The summed E-state index contributed by atoms with van der Waals surface area (Å²) in [5.41, 5.74) is 11.2. The van der Waals surface area contributed by atoms with Gasteiger partial charge >= 0.3 is 0 Å². The lowest BCUT2D eigenvalue weighted by molar-refractivity contribution is -0.117. The Balaban J connectivity index is 1.77. The van der Waals surface area contributed by atoms with Crippen molar-refractivity contribution >= 4 is 39.3 Å². The molecular formula is C29H31N3O3. The van der Waals surface area contributed by atoms with Crippen LogP contribution in [0.25, 0.3) is 32.9 Å². The van der Waals surface area contributed by atoms with Crippen LogP contribution in [-0.2, 0) is 10.4 Å². The fourth-order valence-corrected chi connectivity index (χ4v) is 5.33. The second-order valence-corrected chi connectivity index (χ2v) is 11.0. The molecule has 3 aromatic carbocycles. The monoisotopic (exact) mass is 469 g/mol. The molecule has 0 bridgehead atoms. The molecule has 2 heterocycles. The number of hydrogen-bond donors (Lipinski definition) is 3. The Bertz CT molecular complexity index is 1520. The average molecular weight is 470 g/mol. The van der Waals surface area contributed by atoms with Crippen LogP contribution in [0.1, 0.15) is 55.6 Å². The third kappa shape index (κ3) is 3.78. The van der Waals surface area contributed by atoms with Crippen molar-refractivity contribution in [2.24, 2.45) is 11.1 Å². The zero-order valence-electron chi connectivity index (χ0n) is 20.8. The van der Waals surface area contributed by atoms with E-state index in [9.17, 15) is 14.7 Å². The van der Waals surface area contributed by atoms with Crippen molar-refractivity contribution in [2.75, 3.05) is 11.4 Å². The molecular weight excluding hydrogens is 438 g/mol. The van der Waals surface area contributed by atoms with Crippen LogP contribution >= 0.6 is 0 Å². The molecule has 5 rings (SSSR count). The first-order valence-corrected chi connectivity index (χ1v) is 11.9. The number of H-pyrrole nitrogens is 1. The van der Waals surface area contributed by atoms with Gasteiger partial charge in [0, 0.05) is 34.9 Å². The van der Waals surface area contributed by atoms with Crippen LogP contribution in [0.5, 0.6) is 0 Å². The molecule has 4 aromatic rings. The molecule has 0 radical (unpaired) electrons. The molecule has 0 unspecified atom stereocenters. The summed E-state index contributed by atoms with van der Waals surface area (Å²) in [5.74, 6) is -0.373. The van der Waals surface area contributed by atoms with E-state index >= 15 is 0 Å². The third-order valence-electron chi connectivity index (χ3n) is 7.13. The number of nitrogens with zero attached hydrogens (tertiary/aromatic N) is 1. The zero-order chi connectivity index (χ0) is 25.3. The topological polar surface area (TPSA) is 99.4 Å². The van der Waals surface area contributed by atoms with Crippen molar-refractivity contribution in [1.82, 2.24) is 4.98 Å². The number of fused-ring (bicyclic) bond motifs is 3. The van der Waals surface area contributed by atoms with Gasteiger partial charge in [0.25, 0.3) is 5.91 Å². The van der Waals surface area contributed by atoms with E-state index in [1.165, 1.54) is 0 Å². The van der Waals surface area contributed by atoms with Gasteiger partial charge < -0.3 is 20.7 Å². The van der Waals surface area contributed by atoms with Gasteiger partial charge in [0.1, 0.15) is 0 Å². The summed E-state index contributed by atoms with van der Waals surface area (Å²) in [6.45, 7) is 10.4. The van der Waals surface area contributed by atoms with Crippen molar-refractivity contribution < 1.29 is 14.7 Å². The molecule has 6 heteroatoms. The maximum absolute atomic E-state index is 12.8. The molecule has 6 nitrogen and oxygen atoms in total. The van der Waals surface area contributed by atoms with Crippen LogP contribution in [0.15, 0.2) is 48.5 Å². The van der Waals surface area contributed by atoms with E-state index in [1.807, 2.05) is 54.3 Å². The maximum atomic E-state index is 12.8. The highest BCUT2D eigenvalue weighted by Gasteiger charge is 2.37. The van der Waals surface area contributed by atoms with Crippen molar-refractivity contribution in [1.29, 1.82) is 0 Å². The number of benzene rings is 3. The van der Waals surface area contributed by atoms with Crippen LogP contribution < -0.4 is 10.6 Å². The Labute approximate surface area is 204 Å². The van der Waals surface area contributed by atoms with Gasteiger partial charge in [0.15, 0.2) is 0 Å². The first kappa shape index (κ1) is 23.1. The fourth-order valence-electron chi connectivity index (χ4n) is 5.33. The van der Waals surface area contributed by atoms with Crippen molar-refractivity contribution in [3.05, 3.63) is 65.2 Å². The minimum absolute atomic E-state index is 0.0645. The molecule has 0 saturated carbocycles. The van der Waals surface area contributed by atoms with Crippen LogP contribution in [0.3, 0.4) is 0 Å². The van der Waals surface area contributed by atoms with E-state index < -0.39 is 11.5 Å². The number of nitrogens with one attached hydrogen (secondary N) is 1. The highest BCUT2D eigenvalue weighted by atomic mass is 16.3. The standard InChI is InChI=1S/C29H31N3O3/c1-16-18(7-6-8-23(16)32-15-28(2,3)14-24(32)33)19-11-12-21(27(30)34)26-25(19)20-10-9-17(29(4,5)35)13-22(20)31-26/h6-13,31,35H,14-15H2,1-5H3,(H2,30,34). The summed E-state index contributed by atoms with van der Waals surface area (Å²) in [4.78, 5) is 30.4. The van der Waals surface area contributed by atoms with Gasteiger partial charge in [0.05, 0.1) is 16.7 Å². The molecule has 0 spiro atoms. The molecule has 0 aliphatic carbocycles. The first-order chi connectivity index (χ1) is 16.4. The number of hydrogen-bond acceptors (Lipinski definition) is 3. The number of aromatic amines is 1. The van der Waals surface area contributed by atoms with Gasteiger partial charge in [-0.25, -0.2) is 0 Å². The molecule has 1 saturated heterocycles. The molecule has 35 heavy (non-hydrogen) atoms. The molecule has 1 aliphatic heterocycles. The van der Waals surface area contributed by atoms with E-state index in [0.717, 1.165) is 44.2 Å². The first-order valence-electron chi connectivity index (χ1n) is 11.9. The SMILES string of the molecule is Cc1c(-c2ccc(C(N)=O)c3[nH]c4cc(C(C)(C)O)ccc4c23)cccc1N1CC(C)(C)CC1=O. The molecule has 4 N–H and O–H groups in total. The minimum atomic E-state index is -0.998. The van der Waals surface area contributed by atoms with E-state index in [1.54, 1.807) is 19.9 Å². The summed E-state index contributed by atoms with van der Waals surface area (Å²) in [5, 5.41) is 12.3. The van der Waals surface area contributed by atoms with Crippen molar-refractivity contribution in [3.63, 3.8) is 0 Å². The Morgan fingerprint density at radius 3 is 2.49 bits per heavy atom. The van der Waals surface area contributed by atoms with E-state index in [0.29, 0.717) is 24.0 Å². The van der Waals surface area contributed by atoms with Gasteiger partial charge in [-0.3, -0.25) is 9.59 Å². The number of carbonyl (C=O) groups excluding carboxylic acids is 2. The maximum Gasteiger partial charge on any atom is 0.250 e. The smallest absolute Gasteiger partial charge is 0.250 e. The van der Waals surface area contributed by atoms with Crippen LogP contribution in [-0.4, -0.2) is 28.4 Å². The molecule has 0 atom stereocenters. The number of rotatable bonds is 4. The summed E-state index contributed by atoms with van der Waals surface area (Å²) in [6, 6.07) is 15.5. The number of primary amides is 1. The van der Waals surface area contributed by atoms with Gasteiger partial charge in [-0.05, 0) is 66.6 Å². The molecule has 1 fully saturated rings.